The van der Waals surface area contributed by atoms with Gasteiger partial charge in [0, 0.05) is 11.1 Å². The summed E-state index contributed by atoms with van der Waals surface area (Å²) in [5.74, 6) is 0.483. The van der Waals surface area contributed by atoms with E-state index >= 15 is 0 Å². The molecule has 0 radical (unpaired) electrons. The van der Waals surface area contributed by atoms with Crippen LogP contribution in [-0.2, 0) is 15.3 Å². The number of hydrogen-bond acceptors (Lipinski definition) is 5. The van der Waals surface area contributed by atoms with Gasteiger partial charge in [0.1, 0.15) is 17.6 Å². The van der Waals surface area contributed by atoms with Crippen LogP contribution in [-0.4, -0.2) is 38.6 Å². The van der Waals surface area contributed by atoms with Crippen molar-refractivity contribution in [1.29, 1.82) is 0 Å². The Morgan fingerprint density at radius 1 is 0.957 bits per heavy atom. The molecule has 1 aliphatic rings. The smallest absolute Gasteiger partial charge is 0.222 e. The van der Waals surface area contributed by atoms with Gasteiger partial charge in [-0.3, -0.25) is 0 Å². The molecule has 0 aliphatic carbocycles. The zero-order chi connectivity index (χ0) is 16.3. The summed E-state index contributed by atoms with van der Waals surface area (Å²) in [7, 11) is 3.25. The van der Waals surface area contributed by atoms with Gasteiger partial charge in [0.05, 0.1) is 27.4 Å². The second-order valence-corrected chi connectivity index (χ2v) is 5.31. The molecular weight excluding hydrogens is 296 g/mol. The molecule has 2 aromatic carbocycles. The lowest BCUT2D eigenvalue weighted by Crippen LogP contribution is -2.30. The van der Waals surface area contributed by atoms with Gasteiger partial charge in [-0.2, -0.15) is 0 Å². The average Bonchev–Trinajstić information content (AvgIpc) is 3.07. The summed E-state index contributed by atoms with van der Waals surface area (Å²) in [6, 6.07) is 15.1. The molecule has 2 aromatic rings. The van der Waals surface area contributed by atoms with Gasteiger partial charge in [-0.05, 0) is 48.5 Å². The molecule has 0 bridgehead atoms. The fourth-order valence-electron chi connectivity index (χ4n) is 2.69. The van der Waals surface area contributed by atoms with Crippen molar-refractivity contribution in [2.24, 2.45) is 0 Å². The molecule has 3 rings (SSSR count). The maximum Gasteiger partial charge on any atom is 0.222 e. The van der Waals surface area contributed by atoms with Crippen molar-refractivity contribution in [1.82, 2.24) is 0 Å². The third kappa shape index (κ3) is 2.91. The minimum absolute atomic E-state index is 0.0892. The lowest BCUT2D eigenvalue weighted by molar-refractivity contribution is -0.146. The molecule has 1 atom stereocenters. The molecule has 1 N–H and O–H groups in total. The maximum atomic E-state index is 9.41. The van der Waals surface area contributed by atoms with Crippen LogP contribution in [0.1, 0.15) is 11.1 Å². The van der Waals surface area contributed by atoms with Crippen LogP contribution in [0, 0.1) is 0 Å². The molecule has 1 aliphatic heterocycles. The number of methoxy groups -OCH3 is 2. The molecule has 1 fully saturated rings. The highest BCUT2D eigenvalue weighted by molar-refractivity contribution is 5.40. The Bertz CT molecular complexity index is 588. The van der Waals surface area contributed by atoms with Gasteiger partial charge in [-0.1, -0.05) is 0 Å². The third-order valence-electron chi connectivity index (χ3n) is 3.95. The fraction of sp³-hybridized carbons (Fsp3) is 0.333. The van der Waals surface area contributed by atoms with E-state index in [0.717, 1.165) is 22.6 Å². The van der Waals surface area contributed by atoms with Crippen molar-refractivity contribution < 1.29 is 24.1 Å². The molecule has 1 saturated heterocycles. The SMILES string of the molecule is COc1ccc(C2(c3ccc(OC)cc3)OC[C@@H](CO)O2)cc1. The summed E-state index contributed by atoms with van der Waals surface area (Å²) in [4.78, 5) is 0. The highest BCUT2D eigenvalue weighted by Gasteiger charge is 2.44. The second kappa shape index (κ2) is 6.58. The van der Waals surface area contributed by atoms with Gasteiger partial charge in [-0.25, -0.2) is 0 Å². The van der Waals surface area contributed by atoms with Crippen LogP contribution in [0.2, 0.25) is 0 Å². The van der Waals surface area contributed by atoms with Crippen molar-refractivity contribution in [3.63, 3.8) is 0 Å². The van der Waals surface area contributed by atoms with Crippen molar-refractivity contribution in [2.45, 2.75) is 11.9 Å². The first-order valence-electron chi connectivity index (χ1n) is 7.43. The quantitative estimate of drug-likeness (QED) is 0.917. The first-order chi connectivity index (χ1) is 11.2. The van der Waals surface area contributed by atoms with Crippen LogP contribution < -0.4 is 9.47 Å². The van der Waals surface area contributed by atoms with E-state index in [0.29, 0.717) is 6.61 Å². The Morgan fingerprint density at radius 2 is 1.43 bits per heavy atom. The van der Waals surface area contributed by atoms with E-state index in [4.69, 9.17) is 18.9 Å². The first-order valence-corrected chi connectivity index (χ1v) is 7.43. The standard InChI is InChI=1S/C18H20O5/c1-20-15-7-3-13(4-8-15)18(22-12-17(11-19)23-18)14-5-9-16(21-2)10-6-14/h3-10,17,19H,11-12H2,1-2H3/t17-/m1/s1. The first kappa shape index (κ1) is 15.8. The van der Waals surface area contributed by atoms with Crippen molar-refractivity contribution >= 4 is 0 Å². The number of ether oxygens (including phenoxy) is 4. The summed E-state index contributed by atoms with van der Waals surface area (Å²) in [6.45, 7) is 0.239. The Morgan fingerprint density at radius 3 is 1.78 bits per heavy atom. The van der Waals surface area contributed by atoms with Crippen molar-refractivity contribution in [3.8, 4) is 11.5 Å². The van der Waals surface area contributed by atoms with E-state index in [9.17, 15) is 5.11 Å². The largest absolute Gasteiger partial charge is 0.497 e. The van der Waals surface area contributed by atoms with Crippen LogP contribution in [0.4, 0.5) is 0 Å². The second-order valence-electron chi connectivity index (χ2n) is 5.31. The highest BCUT2D eigenvalue weighted by atomic mass is 16.7. The summed E-state index contributed by atoms with van der Waals surface area (Å²) >= 11 is 0. The Labute approximate surface area is 135 Å². The average molecular weight is 316 g/mol. The number of aliphatic hydroxyl groups excluding tert-OH is 1. The van der Waals surface area contributed by atoms with Crippen molar-refractivity contribution in [2.75, 3.05) is 27.4 Å². The maximum absolute atomic E-state index is 9.41. The highest BCUT2D eigenvalue weighted by Crippen LogP contribution is 2.41. The van der Waals surface area contributed by atoms with E-state index < -0.39 is 5.79 Å². The molecule has 5 heteroatoms. The minimum Gasteiger partial charge on any atom is -0.497 e. The molecule has 122 valence electrons. The molecule has 0 aromatic heterocycles. The van der Waals surface area contributed by atoms with E-state index in [-0.39, 0.29) is 12.7 Å². The summed E-state index contributed by atoms with van der Waals surface area (Å²) in [5.41, 5.74) is 1.69. The van der Waals surface area contributed by atoms with E-state index in [1.54, 1.807) is 14.2 Å². The van der Waals surface area contributed by atoms with Gasteiger partial charge in [0.25, 0.3) is 0 Å². The predicted molar refractivity (Wildman–Crippen MR) is 84.7 cm³/mol. The number of rotatable bonds is 5. The van der Waals surface area contributed by atoms with Crippen LogP contribution in [0.15, 0.2) is 48.5 Å². The predicted octanol–water partition coefficient (Wildman–Crippen LogP) is 2.31. The number of benzene rings is 2. The Balaban J connectivity index is 2.02. The van der Waals surface area contributed by atoms with Crippen molar-refractivity contribution in [3.05, 3.63) is 59.7 Å². The minimum atomic E-state index is -1.04. The van der Waals surface area contributed by atoms with Crippen LogP contribution in [0.3, 0.4) is 0 Å². The van der Waals surface area contributed by atoms with Gasteiger partial charge in [0.15, 0.2) is 0 Å². The topological polar surface area (TPSA) is 57.2 Å². The normalized spacial score (nSPS) is 19.5. The molecule has 23 heavy (non-hydrogen) atoms. The van der Waals surface area contributed by atoms with Gasteiger partial charge >= 0.3 is 0 Å². The molecule has 0 saturated carbocycles. The molecule has 0 spiro atoms. The lowest BCUT2D eigenvalue weighted by atomic mass is 9.97. The molecule has 0 amide bonds. The van der Waals surface area contributed by atoms with Gasteiger partial charge in [0.2, 0.25) is 5.79 Å². The molecule has 1 heterocycles. The Kier molecular flexibility index (Phi) is 4.52. The van der Waals surface area contributed by atoms with Gasteiger partial charge in [-0.15, -0.1) is 0 Å². The van der Waals surface area contributed by atoms with E-state index in [2.05, 4.69) is 0 Å². The third-order valence-corrected chi connectivity index (χ3v) is 3.95. The zero-order valence-corrected chi connectivity index (χ0v) is 13.2. The van der Waals surface area contributed by atoms with Crippen LogP contribution in [0.5, 0.6) is 11.5 Å². The summed E-state index contributed by atoms with van der Waals surface area (Å²) in [5, 5.41) is 9.41. The molecule has 0 unspecified atom stereocenters. The van der Waals surface area contributed by atoms with Gasteiger partial charge < -0.3 is 24.1 Å². The van der Waals surface area contributed by atoms with E-state index in [1.165, 1.54) is 0 Å². The van der Waals surface area contributed by atoms with Crippen LogP contribution in [0.25, 0.3) is 0 Å². The van der Waals surface area contributed by atoms with E-state index in [1.807, 2.05) is 48.5 Å². The monoisotopic (exact) mass is 316 g/mol. The summed E-state index contributed by atoms with van der Waals surface area (Å²) in [6.07, 6.45) is -0.362. The fourth-order valence-corrected chi connectivity index (χ4v) is 2.69. The number of hydrogen-bond donors (Lipinski definition) is 1. The number of aliphatic hydroxyl groups is 1. The van der Waals surface area contributed by atoms with Crippen LogP contribution >= 0.6 is 0 Å². The lowest BCUT2D eigenvalue weighted by Gasteiger charge is -2.29. The summed E-state index contributed by atoms with van der Waals surface area (Å²) < 4.78 is 22.5. The molecular formula is C18H20O5. The Hall–Kier alpha value is -2.08. The zero-order valence-electron chi connectivity index (χ0n) is 13.2. The molecule has 5 nitrogen and oxygen atoms in total.